The highest BCUT2D eigenvalue weighted by Gasteiger charge is 2.27. The van der Waals surface area contributed by atoms with Crippen LogP contribution in [-0.2, 0) is 0 Å². The number of anilines is 3. The molecule has 5 heteroatoms. The van der Waals surface area contributed by atoms with Crippen LogP contribution in [0.2, 0.25) is 0 Å². The van der Waals surface area contributed by atoms with Crippen molar-refractivity contribution in [3.05, 3.63) is 41.7 Å². The fourth-order valence-electron chi connectivity index (χ4n) is 1.89. The second-order valence-electron chi connectivity index (χ2n) is 4.63. The first-order valence-corrected chi connectivity index (χ1v) is 6.16. The monoisotopic (exact) mass is 251 g/mol. The Kier molecular flexibility index (Phi) is 2.76. The van der Waals surface area contributed by atoms with Crippen molar-refractivity contribution in [2.75, 3.05) is 11.1 Å². The van der Waals surface area contributed by atoms with E-state index in [1.807, 2.05) is 12.1 Å². The van der Waals surface area contributed by atoms with Gasteiger partial charge in [0.05, 0.1) is 11.6 Å². The SMILES string of the molecule is N#Cc1cccc(Nc2cc(N)nc(C3CC3)n2)c1. The maximum absolute atomic E-state index is 8.87. The molecule has 1 heterocycles. The lowest BCUT2D eigenvalue weighted by Crippen LogP contribution is -2.02. The van der Waals surface area contributed by atoms with Crippen LogP contribution in [0.15, 0.2) is 30.3 Å². The van der Waals surface area contributed by atoms with Gasteiger partial charge < -0.3 is 11.1 Å². The number of benzene rings is 1. The molecule has 1 aromatic carbocycles. The average Bonchev–Trinajstić information content (AvgIpc) is 3.22. The molecule has 0 saturated heterocycles. The van der Waals surface area contributed by atoms with Crippen LogP contribution in [0, 0.1) is 11.3 Å². The number of nitriles is 1. The van der Waals surface area contributed by atoms with Crippen molar-refractivity contribution in [1.82, 2.24) is 9.97 Å². The van der Waals surface area contributed by atoms with Gasteiger partial charge in [0.25, 0.3) is 0 Å². The Bertz CT molecular complexity index is 655. The van der Waals surface area contributed by atoms with Crippen LogP contribution in [0.1, 0.15) is 30.1 Å². The summed E-state index contributed by atoms with van der Waals surface area (Å²) in [6.45, 7) is 0. The van der Waals surface area contributed by atoms with Gasteiger partial charge in [-0.1, -0.05) is 6.07 Å². The molecule has 0 aliphatic heterocycles. The minimum atomic E-state index is 0.453. The van der Waals surface area contributed by atoms with Gasteiger partial charge in [0.1, 0.15) is 17.5 Å². The van der Waals surface area contributed by atoms with Gasteiger partial charge in [-0.3, -0.25) is 0 Å². The van der Waals surface area contributed by atoms with Crippen LogP contribution < -0.4 is 11.1 Å². The zero-order valence-electron chi connectivity index (χ0n) is 10.3. The van der Waals surface area contributed by atoms with Gasteiger partial charge in [-0.15, -0.1) is 0 Å². The number of nitrogens with zero attached hydrogens (tertiary/aromatic N) is 3. The molecule has 2 aromatic rings. The maximum Gasteiger partial charge on any atom is 0.136 e. The van der Waals surface area contributed by atoms with Crippen molar-refractivity contribution >= 4 is 17.3 Å². The van der Waals surface area contributed by atoms with E-state index in [1.54, 1.807) is 18.2 Å². The molecule has 3 N–H and O–H groups in total. The van der Waals surface area contributed by atoms with Crippen LogP contribution in [0.25, 0.3) is 0 Å². The minimum absolute atomic E-state index is 0.453. The lowest BCUT2D eigenvalue weighted by atomic mass is 10.2. The molecule has 3 rings (SSSR count). The van der Waals surface area contributed by atoms with Gasteiger partial charge >= 0.3 is 0 Å². The molecule has 0 amide bonds. The van der Waals surface area contributed by atoms with Crippen molar-refractivity contribution in [3.8, 4) is 6.07 Å². The Morgan fingerprint density at radius 3 is 2.84 bits per heavy atom. The Morgan fingerprint density at radius 1 is 1.26 bits per heavy atom. The summed E-state index contributed by atoms with van der Waals surface area (Å²) >= 11 is 0. The van der Waals surface area contributed by atoms with Crippen LogP contribution >= 0.6 is 0 Å². The molecule has 94 valence electrons. The fraction of sp³-hybridized carbons (Fsp3) is 0.214. The van der Waals surface area contributed by atoms with E-state index in [9.17, 15) is 0 Å². The second kappa shape index (κ2) is 4.58. The molecule has 1 fully saturated rings. The summed E-state index contributed by atoms with van der Waals surface area (Å²) in [5.74, 6) is 2.40. The predicted octanol–water partition coefficient (Wildman–Crippen LogP) is 2.55. The third kappa shape index (κ3) is 2.63. The molecule has 1 aliphatic carbocycles. The predicted molar refractivity (Wildman–Crippen MR) is 72.9 cm³/mol. The molecule has 5 nitrogen and oxygen atoms in total. The van der Waals surface area contributed by atoms with Crippen molar-refractivity contribution in [2.45, 2.75) is 18.8 Å². The van der Waals surface area contributed by atoms with E-state index in [4.69, 9.17) is 11.0 Å². The summed E-state index contributed by atoms with van der Waals surface area (Å²) in [6, 6.07) is 11.0. The number of aromatic nitrogens is 2. The summed E-state index contributed by atoms with van der Waals surface area (Å²) < 4.78 is 0. The number of hydrogen-bond donors (Lipinski definition) is 2. The van der Waals surface area contributed by atoms with E-state index in [0.29, 0.717) is 23.1 Å². The quantitative estimate of drug-likeness (QED) is 0.875. The zero-order valence-corrected chi connectivity index (χ0v) is 10.3. The summed E-state index contributed by atoms with van der Waals surface area (Å²) in [5, 5.41) is 12.0. The Hall–Kier alpha value is -2.61. The molecule has 1 aromatic heterocycles. The molecular weight excluding hydrogens is 238 g/mol. The van der Waals surface area contributed by atoms with Crippen molar-refractivity contribution in [1.29, 1.82) is 5.26 Å². The number of nitrogen functional groups attached to an aromatic ring is 1. The van der Waals surface area contributed by atoms with E-state index in [0.717, 1.165) is 24.4 Å². The Balaban J connectivity index is 1.88. The highest BCUT2D eigenvalue weighted by atomic mass is 15.1. The Labute approximate surface area is 111 Å². The first-order chi connectivity index (χ1) is 9.24. The van der Waals surface area contributed by atoms with E-state index in [2.05, 4.69) is 21.4 Å². The van der Waals surface area contributed by atoms with Gasteiger partial charge in [-0.25, -0.2) is 9.97 Å². The lowest BCUT2D eigenvalue weighted by Gasteiger charge is -2.08. The average molecular weight is 251 g/mol. The van der Waals surface area contributed by atoms with E-state index < -0.39 is 0 Å². The summed E-state index contributed by atoms with van der Waals surface area (Å²) in [4.78, 5) is 8.71. The Morgan fingerprint density at radius 2 is 2.11 bits per heavy atom. The van der Waals surface area contributed by atoms with Crippen LogP contribution in [0.5, 0.6) is 0 Å². The molecule has 0 spiro atoms. The summed E-state index contributed by atoms with van der Waals surface area (Å²) in [5.41, 5.74) is 7.22. The molecule has 0 unspecified atom stereocenters. The molecule has 1 aliphatic rings. The zero-order chi connectivity index (χ0) is 13.2. The smallest absolute Gasteiger partial charge is 0.136 e. The van der Waals surface area contributed by atoms with Gasteiger partial charge in [0.2, 0.25) is 0 Å². The summed E-state index contributed by atoms with van der Waals surface area (Å²) in [6.07, 6.45) is 2.26. The highest BCUT2D eigenvalue weighted by molar-refractivity contribution is 5.60. The first-order valence-electron chi connectivity index (χ1n) is 6.16. The van der Waals surface area contributed by atoms with Crippen molar-refractivity contribution in [3.63, 3.8) is 0 Å². The van der Waals surface area contributed by atoms with E-state index in [1.165, 1.54) is 0 Å². The summed E-state index contributed by atoms with van der Waals surface area (Å²) in [7, 11) is 0. The van der Waals surface area contributed by atoms with Crippen LogP contribution in [-0.4, -0.2) is 9.97 Å². The number of nitrogens with one attached hydrogen (secondary N) is 1. The second-order valence-corrected chi connectivity index (χ2v) is 4.63. The number of hydrogen-bond acceptors (Lipinski definition) is 5. The molecule has 19 heavy (non-hydrogen) atoms. The molecule has 0 radical (unpaired) electrons. The molecule has 0 bridgehead atoms. The van der Waals surface area contributed by atoms with Crippen LogP contribution in [0.4, 0.5) is 17.3 Å². The molecule has 1 saturated carbocycles. The first kappa shape index (κ1) is 11.5. The highest BCUT2D eigenvalue weighted by Crippen LogP contribution is 2.38. The van der Waals surface area contributed by atoms with Gasteiger partial charge in [0, 0.05) is 17.7 Å². The van der Waals surface area contributed by atoms with Crippen molar-refractivity contribution < 1.29 is 0 Å². The largest absolute Gasteiger partial charge is 0.384 e. The van der Waals surface area contributed by atoms with Gasteiger partial charge in [-0.05, 0) is 31.0 Å². The normalized spacial score (nSPS) is 13.8. The number of rotatable bonds is 3. The van der Waals surface area contributed by atoms with E-state index >= 15 is 0 Å². The fourth-order valence-corrected chi connectivity index (χ4v) is 1.89. The number of nitrogens with two attached hydrogens (primary N) is 1. The third-order valence-corrected chi connectivity index (χ3v) is 2.97. The standard InChI is InChI=1S/C14H13N5/c15-8-9-2-1-3-11(6-9)17-13-7-12(16)18-14(19-13)10-4-5-10/h1-3,6-7,10H,4-5H2,(H3,16,17,18,19). The third-order valence-electron chi connectivity index (χ3n) is 2.97. The van der Waals surface area contributed by atoms with Gasteiger partial charge in [-0.2, -0.15) is 5.26 Å². The lowest BCUT2D eigenvalue weighted by molar-refractivity contribution is 0.936. The van der Waals surface area contributed by atoms with E-state index in [-0.39, 0.29) is 0 Å². The minimum Gasteiger partial charge on any atom is -0.384 e. The maximum atomic E-state index is 8.87. The topological polar surface area (TPSA) is 87.6 Å². The van der Waals surface area contributed by atoms with Gasteiger partial charge in [0.15, 0.2) is 0 Å². The van der Waals surface area contributed by atoms with Crippen molar-refractivity contribution in [2.24, 2.45) is 0 Å². The molecule has 0 atom stereocenters. The molecular formula is C14H13N5. The van der Waals surface area contributed by atoms with Crippen LogP contribution in [0.3, 0.4) is 0 Å².